The fourth-order valence-electron chi connectivity index (χ4n) is 3.35. The lowest BCUT2D eigenvalue weighted by molar-refractivity contribution is -0.124. The average molecular weight is 472 g/mol. The quantitative estimate of drug-likeness (QED) is 0.309. The minimum absolute atomic E-state index is 0.139. The number of imide groups is 1. The van der Waals surface area contributed by atoms with Gasteiger partial charge in [-0.25, -0.2) is 0 Å². The highest BCUT2D eigenvalue weighted by Crippen LogP contribution is 2.38. The van der Waals surface area contributed by atoms with Gasteiger partial charge >= 0.3 is 0 Å². The molecule has 1 atom stereocenters. The predicted molar refractivity (Wildman–Crippen MR) is 130 cm³/mol. The molecule has 1 heterocycles. The van der Waals surface area contributed by atoms with Crippen molar-refractivity contribution in [1.29, 1.82) is 0 Å². The number of allylic oxidation sites excluding steroid dienone is 1. The third-order valence-corrected chi connectivity index (χ3v) is 6.47. The normalized spacial score (nSPS) is 15.9. The third-order valence-electron chi connectivity index (χ3n) is 5.22. The number of methoxy groups -OCH3 is 1. The van der Waals surface area contributed by atoms with Crippen molar-refractivity contribution in [3.63, 3.8) is 0 Å². The van der Waals surface area contributed by atoms with Crippen LogP contribution in [0.4, 0.5) is 4.79 Å². The summed E-state index contributed by atoms with van der Waals surface area (Å²) in [5.74, 6) is 0.860. The van der Waals surface area contributed by atoms with Crippen LogP contribution in [0.3, 0.4) is 0 Å². The lowest BCUT2D eigenvalue weighted by Crippen LogP contribution is -2.36. The zero-order valence-corrected chi connectivity index (χ0v) is 20.0. The monoisotopic (exact) mass is 471 g/mol. The van der Waals surface area contributed by atoms with E-state index in [2.05, 4.69) is 6.58 Å². The van der Waals surface area contributed by atoms with Gasteiger partial charge in [0, 0.05) is 22.2 Å². The first-order valence-corrected chi connectivity index (χ1v) is 11.5. The van der Waals surface area contributed by atoms with Crippen LogP contribution in [-0.4, -0.2) is 29.2 Å². The third kappa shape index (κ3) is 5.19. The minimum Gasteiger partial charge on any atom is -0.493 e. The van der Waals surface area contributed by atoms with E-state index in [1.807, 2.05) is 44.2 Å². The van der Waals surface area contributed by atoms with Gasteiger partial charge < -0.3 is 9.47 Å². The maximum absolute atomic E-state index is 12.8. The number of benzene rings is 2. The molecular formula is C25H26ClNO4S. The summed E-state index contributed by atoms with van der Waals surface area (Å²) in [6, 6.07) is 11.1. The van der Waals surface area contributed by atoms with Crippen molar-refractivity contribution >= 4 is 40.6 Å². The molecule has 0 N–H and O–H groups in total. The fraction of sp³-hybridized carbons (Fsp3) is 0.280. The number of carbonyl (C=O) groups excluding carboxylic acids is 2. The molecule has 168 valence electrons. The highest BCUT2D eigenvalue weighted by molar-refractivity contribution is 8.18. The largest absolute Gasteiger partial charge is 0.493 e. The van der Waals surface area contributed by atoms with Crippen LogP contribution in [0.5, 0.6) is 11.5 Å². The molecule has 1 aliphatic heterocycles. The number of halogens is 1. The molecule has 0 bridgehead atoms. The van der Waals surface area contributed by atoms with Crippen LogP contribution in [0.1, 0.15) is 37.0 Å². The molecule has 0 aromatic heterocycles. The first-order valence-electron chi connectivity index (χ1n) is 10.3. The van der Waals surface area contributed by atoms with Crippen LogP contribution in [0.15, 0.2) is 54.0 Å². The Morgan fingerprint density at radius 3 is 2.62 bits per heavy atom. The lowest BCUT2D eigenvalue weighted by atomic mass is 10.0. The number of thioether (sulfide) groups is 1. The van der Waals surface area contributed by atoms with E-state index in [0.29, 0.717) is 34.3 Å². The van der Waals surface area contributed by atoms with Gasteiger partial charge in [0.2, 0.25) is 0 Å². The number of amides is 2. The van der Waals surface area contributed by atoms with Gasteiger partial charge in [0.15, 0.2) is 11.5 Å². The second-order valence-electron chi connectivity index (χ2n) is 7.39. The maximum atomic E-state index is 12.8. The Morgan fingerprint density at radius 2 is 1.97 bits per heavy atom. The second kappa shape index (κ2) is 10.7. The van der Waals surface area contributed by atoms with Gasteiger partial charge in [0.05, 0.1) is 12.0 Å². The Hall–Kier alpha value is -2.70. The lowest BCUT2D eigenvalue weighted by Gasteiger charge is -2.19. The fourth-order valence-corrected chi connectivity index (χ4v) is 4.47. The molecule has 0 aliphatic carbocycles. The van der Waals surface area contributed by atoms with Crippen LogP contribution < -0.4 is 9.47 Å². The van der Waals surface area contributed by atoms with Gasteiger partial charge in [-0.05, 0) is 61.4 Å². The zero-order chi connectivity index (χ0) is 23.3. The second-order valence-corrected chi connectivity index (χ2v) is 8.79. The maximum Gasteiger partial charge on any atom is 0.293 e. The summed E-state index contributed by atoms with van der Waals surface area (Å²) in [6.45, 7) is 7.94. The van der Waals surface area contributed by atoms with Crippen molar-refractivity contribution in [2.45, 2.75) is 39.3 Å². The van der Waals surface area contributed by atoms with Crippen LogP contribution in [0.2, 0.25) is 5.02 Å². The van der Waals surface area contributed by atoms with Crippen molar-refractivity contribution in [3.8, 4) is 11.5 Å². The number of rotatable bonds is 9. The topological polar surface area (TPSA) is 55.8 Å². The van der Waals surface area contributed by atoms with E-state index in [4.69, 9.17) is 21.1 Å². The molecule has 2 amide bonds. The van der Waals surface area contributed by atoms with Crippen LogP contribution in [0, 0.1) is 0 Å². The van der Waals surface area contributed by atoms with Crippen molar-refractivity contribution in [3.05, 3.63) is 75.7 Å². The number of hydrogen-bond donors (Lipinski definition) is 0. The molecule has 1 saturated heterocycles. The predicted octanol–water partition coefficient (Wildman–Crippen LogP) is 6.49. The van der Waals surface area contributed by atoms with Gasteiger partial charge in [-0.3, -0.25) is 14.5 Å². The molecule has 5 nitrogen and oxygen atoms in total. The van der Waals surface area contributed by atoms with Crippen LogP contribution in [-0.2, 0) is 17.8 Å². The molecule has 0 unspecified atom stereocenters. The number of ether oxygens (including phenoxy) is 2. The molecule has 1 fully saturated rings. The summed E-state index contributed by atoms with van der Waals surface area (Å²) in [6.07, 6.45) is 4.75. The van der Waals surface area contributed by atoms with Crippen LogP contribution in [0.25, 0.3) is 6.08 Å². The summed E-state index contributed by atoms with van der Waals surface area (Å²) >= 11 is 7.21. The first kappa shape index (κ1) is 24.0. The number of carbonyl (C=O) groups is 2. The molecule has 32 heavy (non-hydrogen) atoms. The van der Waals surface area contributed by atoms with Crippen molar-refractivity contribution < 1.29 is 19.1 Å². The standard InChI is InChI=1S/C25H26ClNO4S/c1-5-9-18-12-17(14-22-24(28)27(16(3)6-2)25(29)32-22)13-21(30-4)23(18)31-15-19-10-7-8-11-20(19)26/h5,7-8,10-14,16H,1,6,9,15H2,2-4H3/b22-14+/t16-/m0/s1. The van der Waals surface area contributed by atoms with Crippen LogP contribution >= 0.6 is 23.4 Å². The summed E-state index contributed by atoms with van der Waals surface area (Å²) in [7, 11) is 1.57. The molecule has 2 aromatic carbocycles. The highest BCUT2D eigenvalue weighted by atomic mass is 35.5. The summed E-state index contributed by atoms with van der Waals surface area (Å²) in [5.41, 5.74) is 2.47. The molecule has 0 spiro atoms. The number of nitrogens with zero attached hydrogens (tertiary/aromatic N) is 1. The molecule has 2 aromatic rings. The Balaban J connectivity index is 1.94. The van der Waals surface area contributed by atoms with E-state index in [1.165, 1.54) is 4.90 Å². The zero-order valence-electron chi connectivity index (χ0n) is 18.4. The van der Waals surface area contributed by atoms with E-state index in [1.54, 1.807) is 25.3 Å². The van der Waals surface area contributed by atoms with E-state index in [9.17, 15) is 9.59 Å². The van der Waals surface area contributed by atoms with Gasteiger partial charge in [-0.1, -0.05) is 42.8 Å². The Labute approximate surface area is 198 Å². The van der Waals surface area contributed by atoms with E-state index in [0.717, 1.165) is 28.5 Å². The number of hydrogen-bond acceptors (Lipinski definition) is 5. The van der Waals surface area contributed by atoms with E-state index < -0.39 is 0 Å². The Morgan fingerprint density at radius 1 is 1.22 bits per heavy atom. The molecule has 0 saturated carbocycles. The Bertz CT molecular complexity index is 1070. The van der Waals surface area contributed by atoms with E-state index in [-0.39, 0.29) is 23.8 Å². The average Bonchev–Trinajstić information content (AvgIpc) is 3.06. The molecule has 7 heteroatoms. The van der Waals surface area contributed by atoms with Gasteiger partial charge in [0.25, 0.3) is 11.1 Å². The van der Waals surface area contributed by atoms with Gasteiger partial charge in [-0.2, -0.15) is 0 Å². The molecule has 1 aliphatic rings. The minimum atomic E-state index is -0.266. The highest BCUT2D eigenvalue weighted by Gasteiger charge is 2.37. The van der Waals surface area contributed by atoms with Crippen molar-refractivity contribution in [2.75, 3.05) is 7.11 Å². The summed E-state index contributed by atoms with van der Waals surface area (Å²) in [4.78, 5) is 26.8. The summed E-state index contributed by atoms with van der Waals surface area (Å²) < 4.78 is 11.7. The van der Waals surface area contributed by atoms with Crippen molar-refractivity contribution in [2.24, 2.45) is 0 Å². The smallest absolute Gasteiger partial charge is 0.293 e. The van der Waals surface area contributed by atoms with E-state index >= 15 is 0 Å². The SMILES string of the molecule is C=CCc1cc(/C=C2/SC(=O)N([C@@H](C)CC)C2=O)cc(OC)c1OCc1ccccc1Cl. The molecular weight excluding hydrogens is 446 g/mol. The van der Waals surface area contributed by atoms with Crippen molar-refractivity contribution in [1.82, 2.24) is 4.90 Å². The first-order chi connectivity index (χ1) is 15.4. The van der Waals surface area contributed by atoms with Gasteiger partial charge in [-0.15, -0.1) is 6.58 Å². The van der Waals surface area contributed by atoms with Gasteiger partial charge in [0.1, 0.15) is 6.61 Å². The summed E-state index contributed by atoms with van der Waals surface area (Å²) in [5, 5.41) is 0.388. The molecule has 0 radical (unpaired) electrons. The molecule has 3 rings (SSSR count). The Kier molecular flexibility index (Phi) is 8.04.